The van der Waals surface area contributed by atoms with E-state index in [0.29, 0.717) is 28.9 Å². The Morgan fingerprint density at radius 2 is 2.22 bits per heavy atom. The number of amides is 1. The molecule has 5 nitrogen and oxygen atoms in total. The molecule has 2 aromatic heterocycles. The van der Waals surface area contributed by atoms with Crippen LogP contribution in [0.1, 0.15) is 17.9 Å². The zero-order valence-electron chi connectivity index (χ0n) is 12.4. The first kappa shape index (κ1) is 15.7. The quantitative estimate of drug-likeness (QED) is 0.745. The fourth-order valence-electron chi connectivity index (χ4n) is 1.97. The molecule has 0 bridgehead atoms. The van der Waals surface area contributed by atoms with Crippen LogP contribution < -0.4 is 5.32 Å². The molecule has 1 aromatic carbocycles. The molecule has 0 spiro atoms. The van der Waals surface area contributed by atoms with Crippen LogP contribution >= 0.6 is 22.9 Å². The van der Waals surface area contributed by atoms with Gasteiger partial charge in [-0.15, -0.1) is 21.5 Å². The number of nitrogens with one attached hydrogen (secondary N) is 1. The molecule has 3 aromatic rings. The van der Waals surface area contributed by atoms with Crippen LogP contribution in [0.3, 0.4) is 0 Å². The summed E-state index contributed by atoms with van der Waals surface area (Å²) in [6.07, 6.45) is 0.654. The summed E-state index contributed by atoms with van der Waals surface area (Å²) in [5.74, 6) is 0.812. The number of nitrogens with zero attached hydrogens (tertiary/aromatic N) is 2. The number of aryl methyl sites for hydroxylation is 2. The Morgan fingerprint density at radius 1 is 1.35 bits per heavy atom. The summed E-state index contributed by atoms with van der Waals surface area (Å²) in [6.45, 7) is 1.91. The number of benzene rings is 1. The zero-order chi connectivity index (χ0) is 16.2. The fraction of sp³-hybridized carbons (Fsp3) is 0.188. The average molecular weight is 348 g/mol. The number of rotatable bonds is 5. The number of carbonyl (C=O) groups is 1. The van der Waals surface area contributed by atoms with E-state index in [1.165, 1.54) is 11.3 Å². The number of hydrogen-bond donors (Lipinski definition) is 1. The Morgan fingerprint density at radius 3 is 2.96 bits per heavy atom. The molecule has 1 amide bonds. The lowest BCUT2D eigenvalue weighted by Crippen LogP contribution is -2.12. The van der Waals surface area contributed by atoms with E-state index < -0.39 is 0 Å². The maximum absolute atomic E-state index is 12.0. The van der Waals surface area contributed by atoms with Crippen molar-refractivity contribution in [2.45, 2.75) is 19.8 Å². The molecule has 0 aliphatic carbocycles. The normalized spacial score (nSPS) is 10.7. The molecule has 0 atom stereocenters. The molecule has 0 aliphatic heterocycles. The summed E-state index contributed by atoms with van der Waals surface area (Å²) < 4.78 is 5.55. The highest BCUT2D eigenvalue weighted by atomic mass is 35.5. The van der Waals surface area contributed by atoms with E-state index >= 15 is 0 Å². The third-order valence-electron chi connectivity index (χ3n) is 3.22. The summed E-state index contributed by atoms with van der Waals surface area (Å²) in [5.41, 5.74) is 1.65. The van der Waals surface area contributed by atoms with Crippen molar-refractivity contribution >= 4 is 34.5 Å². The fourth-order valence-corrected chi connectivity index (χ4v) is 2.79. The Kier molecular flexibility index (Phi) is 4.73. The van der Waals surface area contributed by atoms with Gasteiger partial charge in [0, 0.05) is 23.6 Å². The predicted molar refractivity (Wildman–Crippen MR) is 90.8 cm³/mol. The molecule has 1 N–H and O–H groups in total. The predicted octanol–water partition coefficient (Wildman–Crippen LogP) is 4.33. The van der Waals surface area contributed by atoms with Crippen molar-refractivity contribution in [1.29, 1.82) is 0 Å². The van der Waals surface area contributed by atoms with E-state index in [2.05, 4.69) is 15.5 Å². The molecule has 0 fully saturated rings. The molecule has 0 saturated carbocycles. The molecule has 3 rings (SSSR count). The summed E-state index contributed by atoms with van der Waals surface area (Å²) in [6, 6.07) is 9.25. The second kappa shape index (κ2) is 6.93. The number of hydrogen-bond acceptors (Lipinski definition) is 5. The van der Waals surface area contributed by atoms with Crippen LogP contribution in [-0.2, 0) is 11.2 Å². The summed E-state index contributed by atoms with van der Waals surface area (Å²) in [5, 5.41) is 13.3. The van der Waals surface area contributed by atoms with E-state index in [1.54, 1.807) is 6.07 Å². The first-order valence-corrected chi connectivity index (χ1v) is 8.30. The van der Waals surface area contributed by atoms with Crippen molar-refractivity contribution in [1.82, 2.24) is 10.2 Å². The van der Waals surface area contributed by atoms with Crippen molar-refractivity contribution in [3.8, 4) is 10.8 Å². The van der Waals surface area contributed by atoms with Crippen molar-refractivity contribution in [2.24, 2.45) is 0 Å². The lowest BCUT2D eigenvalue weighted by molar-refractivity contribution is -0.116. The van der Waals surface area contributed by atoms with Gasteiger partial charge in [0.25, 0.3) is 5.89 Å². The number of thiophene rings is 1. The molecule has 0 radical (unpaired) electrons. The molecule has 7 heteroatoms. The van der Waals surface area contributed by atoms with Crippen molar-refractivity contribution < 1.29 is 9.21 Å². The number of aromatic nitrogens is 2. The summed E-state index contributed by atoms with van der Waals surface area (Å²) in [4.78, 5) is 12.9. The Hall–Kier alpha value is -2.18. The van der Waals surface area contributed by atoms with Crippen LogP contribution in [-0.4, -0.2) is 16.1 Å². The molecular weight excluding hydrogens is 334 g/mol. The van der Waals surface area contributed by atoms with Crippen LogP contribution in [0.2, 0.25) is 5.02 Å². The minimum absolute atomic E-state index is 0.124. The highest BCUT2D eigenvalue weighted by Crippen LogP contribution is 2.23. The third kappa shape index (κ3) is 3.97. The molecule has 0 unspecified atom stereocenters. The average Bonchev–Trinajstić information content (AvgIpc) is 3.19. The minimum atomic E-state index is -0.124. The van der Waals surface area contributed by atoms with Crippen molar-refractivity contribution in [3.63, 3.8) is 0 Å². The smallest absolute Gasteiger partial charge is 0.257 e. The van der Waals surface area contributed by atoms with Gasteiger partial charge in [-0.3, -0.25) is 4.79 Å². The molecule has 0 aliphatic rings. The number of carbonyl (C=O) groups excluding carboxylic acids is 1. The van der Waals surface area contributed by atoms with Crippen LogP contribution in [0.5, 0.6) is 0 Å². The Balaban J connectivity index is 1.55. The van der Waals surface area contributed by atoms with Gasteiger partial charge in [-0.05, 0) is 36.1 Å². The first-order chi connectivity index (χ1) is 11.1. The van der Waals surface area contributed by atoms with Gasteiger partial charge in [0.1, 0.15) is 0 Å². The summed E-state index contributed by atoms with van der Waals surface area (Å²) >= 11 is 7.57. The maximum atomic E-state index is 12.0. The molecule has 0 saturated heterocycles. The van der Waals surface area contributed by atoms with Gasteiger partial charge in [-0.25, -0.2) is 0 Å². The number of anilines is 1. The highest BCUT2D eigenvalue weighted by Gasteiger charge is 2.11. The number of halogens is 1. The van der Waals surface area contributed by atoms with Crippen LogP contribution in [0, 0.1) is 6.92 Å². The second-order valence-electron chi connectivity index (χ2n) is 4.99. The van der Waals surface area contributed by atoms with E-state index in [4.69, 9.17) is 16.0 Å². The van der Waals surface area contributed by atoms with Gasteiger partial charge < -0.3 is 9.73 Å². The second-order valence-corrected chi connectivity index (χ2v) is 6.35. The maximum Gasteiger partial charge on any atom is 0.257 e. The van der Waals surface area contributed by atoms with E-state index in [-0.39, 0.29) is 12.3 Å². The monoisotopic (exact) mass is 347 g/mol. The topological polar surface area (TPSA) is 68.0 Å². The molecule has 2 heterocycles. The third-order valence-corrected chi connectivity index (χ3v) is 4.49. The van der Waals surface area contributed by atoms with Crippen LogP contribution in [0.15, 0.2) is 40.1 Å². The largest absolute Gasteiger partial charge is 0.420 e. The Bertz CT molecular complexity index is 815. The standard InChI is InChI=1S/C16H14ClN3O2S/c1-10-4-5-11(9-12(10)17)18-14(21)6-7-15-19-20-16(22-15)13-3-2-8-23-13/h2-5,8-9H,6-7H2,1H3,(H,18,21). The van der Waals surface area contributed by atoms with Crippen molar-refractivity contribution in [3.05, 3.63) is 52.2 Å². The van der Waals surface area contributed by atoms with Gasteiger partial charge in [0.2, 0.25) is 11.8 Å². The van der Waals surface area contributed by atoms with E-state index in [0.717, 1.165) is 10.4 Å². The van der Waals surface area contributed by atoms with Gasteiger partial charge in [-0.1, -0.05) is 23.7 Å². The van der Waals surface area contributed by atoms with Gasteiger partial charge in [0.05, 0.1) is 4.88 Å². The summed E-state index contributed by atoms with van der Waals surface area (Å²) in [7, 11) is 0. The first-order valence-electron chi connectivity index (χ1n) is 7.04. The van der Waals surface area contributed by atoms with E-state index in [9.17, 15) is 4.79 Å². The van der Waals surface area contributed by atoms with Crippen LogP contribution in [0.4, 0.5) is 5.69 Å². The molecule has 118 valence electrons. The van der Waals surface area contributed by atoms with Crippen LogP contribution in [0.25, 0.3) is 10.8 Å². The lowest BCUT2D eigenvalue weighted by Gasteiger charge is -2.06. The van der Waals surface area contributed by atoms with Crippen molar-refractivity contribution in [2.75, 3.05) is 5.32 Å². The molecule has 23 heavy (non-hydrogen) atoms. The van der Waals surface area contributed by atoms with Gasteiger partial charge in [0.15, 0.2) is 0 Å². The lowest BCUT2D eigenvalue weighted by atomic mass is 10.2. The van der Waals surface area contributed by atoms with Gasteiger partial charge in [-0.2, -0.15) is 0 Å². The zero-order valence-corrected chi connectivity index (χ0v) is 13.9. The van der Waals surface area contributed by atoms with Gasteiger partial charge >= 0.3 is 0 Å². The van der Waals surface area contributed by atoms with E-state index in [1.807, 2.05) is 36.6 Å². The SMILES string of the molecule is Cc1ccc(NC(=O)CCc2nnc(-c3cccs3)o2)cc1Cl. The Labute approximate surface area is 142 Å². The molecular formula is C16H14ClN3O2S. The minimum Gasteiger partial charge on any atom is -0.420 e. The highest BCUT2D eigenvalue weighted by molar-refractivity contribution is 7.13.